The normalized spacial score (nSPS) is 20.2. The summed E-state index contributed by atoms with van der Waals surface area (Å²) in [7, 11) is 5.08. The zero-order chi connectivity index (χ0) is 17.7. The van der Waals surface area contributed by atoms with Gasteiger partial charge in [0, 0.05) is 33.3 Å². The molecule has 1 N–H and O–H groups in total. The predicted octanol–water partition coefficient (Wildman–Crippen LogP) is 4.87. The smallest absolute Gasteiger partial charge is 0.285 e. The molecule has 0 aromatic heterocycles. The van der Waals surface area contributed by atoms with Crippen LogP contribution < -0.4 is 5.32 Å². The number of hydrogen-bond donors (Lipinski definition) is 1. The van der Waals surface area contributed by atoms with Crippen molar-refractivity contribution < 1.29 is 14.2 Å². The fraction of sp³-hybridized carbons (Fsp3) is 1.00. The van der Waals surface area contributed by atoms with Crippen molar-refractivity contribution in [2.45, 2.75) is 96.0 Å². The highest BCUT2D eigenvalue weighted by atomic mass is 16.9. The Morgan fingerprint density at radius 1 is 0.917 bits per heavy atom. The number of rotatable bonds is 14. The van der Waals surface area contributed by atoms with Crippen molar-refractivity contribution in [3.05, 3.63) is 0 Å². The van der Waals surface area contributed by atoms with Crippen LogP contribution in [0.5, 0.6) is 0 Å². The van der Waals surface area contributed by atoms with Gasteiger partial charge in [-0.25, -0.2) is 0 Å². The molecular formula is C20H41NO3. The van der Waals surface area contributed by atoms with E-state index in [1.807, 2.05) is 0 Å². The van der Waals surface area contributed by atoms with Crippen molar-refractivity contribution in [2.24, 2.45) is 5.92 Å². The van der Waals surface area contributed by atoms with Gasteiger partial charge >= 0.3 is 0 Å². The van der Waals surface area contributed by atoms with Gasteiger partial charge in [0.1, 0.15) is 0 Å². The van der Waals surface area contributed by atoms with Crippen LogP contribution in [0.2, 0.25) is 0 Å². The monoisotopic (exact) mass is 343 g/mol. The number of ether oxygens (including phenoxy) is 3. The van der Waals surface area contributed by atoms with Crippen LogP contribution in [-0.2, 0) is 14.2 Å². The molecule has 0 spiro atoms. The minimum Gasteiger partial charge on any atom is -0.331 e. The maximum absolute atomic E-state index is 5.67. The zero-order valence-corrected chi connectivity index (χ0v) is 16.6. The summed E-state index contributed by atoms with van der Waals surface area (Å²) in [6, 6.07) is 0.647. The van der Waals surface area contributed by atoms with E-state index in [0.717, 1.165) is 19.4 Å². The summed E-state index contributed by atoms with van der Waals surface area (Å²) in [5, 5.41) is 3.65. The van der Waals surface area contributed by atoms with E-state index in [-0.39, 0.29) is 5.92 Å². The van der Waals surface area contributed by atoms with E-state index in [1.54, 1.807) is 21.3 Å². The first-order chi connectivity index (χ1) is 11.7. The molecule has 1 rings (SSSR count). The summed E-state index contributed by atoms with van der Waals surface area (Å²) >= 11 is 0. The molecule has 1 aliphatic rings. The van der Waals surface area contributed by atoms with E-state index >= 15 is 0 Å². The third-order valence-electron chi connectivity index (χ3n) is 5.54. The van der Waals surface area contributed by atoms with Gasteiger partial charge in [-0.15, -0.1) is 0 Å². The first kappa shape index (κ1) is 21.9. The van der Waals surface area contributed by atoms with E-state index in [0.29, 0.717) is 6.04 Å². The molecule has 1 aliphatic heterocycles. The molecule has 144 valence electrons. The lowest BCUT2D eigenvalue weighted by Gasteiger charge is -2.37. The SMILES string of the molecule is CCCCCCCCC(CCC1CCCCN1)C(OC)(OC)OC. The molecule has 0 aromatic rings. The molecule has 0 saturated carbocycles. The molecule has 4 nitrogen and oxygen atoms in total. The van der Waals surface area contributed by atoms with Gasteiger partial charge in [0.2, 0.25) is 0 Å². The van der Waals surface area contributed by atoms with Crippen molar-refractivity contribution in [3.63, 3.8) is 0 Å². The summed E-state index contributed by atoms with van der Waals surface area (Å²) in [5.74, 6) is -0.606. The second-order valence-corrected chi connectivity index (χ2v) is 7.19. The van der Waals surface area contributed by atoms with Gasteiger partial charge in [0.15, 0.2) is 0 Å². The molecule has 0 aliphatic carbocycles. The number of piperidine rings is 1. The molecular weight excluding hydrogens is 302 g/mol. The second-order valence-electron chi connectivity index (χ2n) is 7.19. The third kappa shape index (κ3) is 7.38. The maximum Gasteiger partial charge on any atom is 0.285 e. The Morgan fingerprint density at radius 2 is 1.58 bits per heavy atom. The van der Waals surface area contributed by atoms with E-state index in [9.17, 15) is 0 Å². The summed E-state index contributed by atoms with van der Waals surface area (Å²) in [4.78, 5) is 0. The lowest BCUT2D eigenvalue weighted by molar-refractivity contribution is -0.380. The van der Waals surface area contributed by atoms with Crippen molar-refractivity contribution in [1.82, 2.24) is 5.32 Å². The van der Waals surface area contributed by atoms with Gasteiger partial charge in [-0.05, 0) is 38.6 Å². The van der Waals surface area contributed by atoms with Crippen molar-refractivity contribution in [2.75, 3.05) is 27.9 Å². The van der Waals surface area contributed by atoms with Crippen LogP contribution in [0.1, 0.15) is 84.0 Å². The highest BCUT2D eigenvalue weighted by molar-refractivity contribution is 4.77. The van der Waals surface area contributed by atoms with Crippen LogP contribution in [0.4, 0.5) is 0 Å². The predicted molar refractivity (Wildman–Crippen MR) is 100 cm³/mol. The quantitative estimate of drug-likeness (QED) is 0.361. The molecule has 0 bridgehead atoms. The Labute approximate surface area is 150 Å². The average Bonchev–Trinajstić information content (AvgIpc) is 2.64. The lowest BCUT2D eigenvalue weighted by atomic mass is 9.89. The average molecular weight is 344 g/mol. The molecule has 2 unspecified atom stereocenters. The Morgan fingerprint density at radius 3 is 2.17 bits per heavy atom. The molecule has 1 saturated heterocycles. The highest BCUT2D eigenvalue weighted by Crippen LogP contribution is 2.33. The molecule has 0 radical (unpaired) electrons. The molecule has 1 fully saturated rings. The van der Waals surface area contributed by atoms with Gasteiger partial charge in [0.05, 0.1) is 0 Å². The van der Waals surface area contributed by atoms with E-state index in [2.05, 4.69) is 12.2 Å². The van der Waals surface area contributed by atoms with E-state index in [4.69, 9.17) is 14.2 Å². The Kier molecular flexibility index (Phi) is 11.9. The maximum atomic E-state index is 5.67. The van der Waals surface area contributed by atoms with Gasteiger partial charge in [-0.1, -0.05) is 51.9 Å². The van der Waals surface area contributed by atoms with Crippen molar-refractivity contribution >= 4 is 0 Å². The number of hydrogen-bond acceptors (Lipinski definition) is 4. The van der Waals surface area contributed by atoms with Crippen LogP contribution in [0.25, 0.3) is 0 Å². The Hall–Kier alpha value is -0.160. The van der Waals surface area contributed by atoms with Crippen molar-refractivity contribution in [3.8, 4) is 0 Å². The van der Waals surface area contributed by atoms with Crippen LogP contribution in [0.3, 0.4) is 0 Å². The zero-order valence-electron chi connectivity index (χ0n) is 16.6. The molecule has 0 amide bonds. The number of unbranched alkanes of at least 4 members (excludes halogenated alkanes) is 5. The Balaban J connectivity index is 2.47. The first-order valence-corrected chi connectivity index (χ1v) is 10.1. The summed E-state index contributed by atoms with van der Waals surface area (Å²) < 4.78 is 17.0. The number of nitrogens with one attached hydrogen (secondary N) is 1. The minimum absolute atomic E-state index is 0.285. The largest absolute Gasteiger partial charge is 0.331 e. The molecule has 2 atom stereocenters. The number of methoxy groups -OCH3 is 3. The van der Waals surface area contributed by atoms with Crippen LogP contribution in [0.15, 0.2) is 0 Å². The van der Waals surface area contributed by atoms with E-state index in [1.165, 1.54) is 64.2 Å². The fourth-order valence-electron chi connectivity index (χ4n) is 3.99. The van der Waals surface area contributed by atoms with Crippen LogP contribution >= 0.6 is 0 Å². The second kappa shape index (κ2) is 13.1. The summed E-state index contributed by atoms with van der Waals surface area (Å²) in [6.07, 6.45) is 15.2. The molecule has 0 aromatic carbocycles. The van der Waals surface area contributed by atoms with Gasteiger partial charge in [-0.3, -0.25) is 0 Å². The first-order valence-electron chi connectivity index (χ1n) is 10.1. The summed E-state index contributed by atoms with van der Waals surface area (Å²) in [6.45, 7) is 3.43. The molecule has 4 heteroatoms. The molecule has 1 heterocycles. The van der Waals surface area contributed by atoms with Crippen LogP contribution in [0, 0.1) is 5.92 Å². The van der Waals surface area contributed by atoms with Crippen LogP contribution in [-0.4, -0.2) is 39.9 Å². The van der Waals surface area contributed by atoms with Gasteiger partial charge in [-0.2, -0.15) is 0 Å². The lowest BCUT2D eigenvalue weighted by Crippen LogP contribution is -2.45. The fourth-order valence-corrected chi connectivity index (χ4v) is 3.99. The van der Waals surface area contributed by atoms with E-state index < -0.39 is 5.97 Å². The minimum atomic E-state index is -0.891. The summed E-state index contributed by atoms with van der Waals surface area (Å²) in [5.41, 5.74) is 0. The van der Waals surface area contributed by atoms with Gasteiger partial charge in [0.25, 0.3) is 5.97 Å². The highest BCUT2D eigenvalue weighted by Gasteiger charge is 2.39. The topological polar surface area (TPSA) is 39.7 Å². The molecule has 24 heavy (non-hydrogen) atoms. The van der Waals surface area contributed by atoms with Gasteiger partial charge < -0.3 is 19.5 Å². The third-order valence-corrected chi connectivity index (χ3v) is 5.54. The standard InChI is InChI=1S/C20H41NO3/c1-5-6-7-8-9-10-13-18(20(22-2,23-3)24-4)15-16-19-14-11-12-17-21-19/h18-19,21H,5-17H2,1-4H3. The van der Waals surface area contributed by atoms with Crippen molar-refractivity contribution in [1.29, 1.82) is 0 Å². The Bertz CT molecular complexity index is 280.